The van der Waals surface area contributed by atoms with Gasteiger partial charge in [-0.2, -0.15) is 0 Å². The summed E-state index contributed by atoms with van der Waals surface area (Å²) >= 11 is 0. The molecule has 6 heteroatoms. The van der Waals surface area contributed by atoms with Gasteiger partial charge in [0.15, 0.2) is 5.96 Å². The van der Waals surface area contributed by atoms with Crippen molar-refractivity contribution < 1.29 is 4.74 Å². The van der Waals surface area contributed by atoms with E-state index in [1.807, 2.05) is 20.2 Å². The maximum absolute atomic E-state index is 5.51. The molecule has 2 fully saturated rings. The van der Waals surface area contributed by atoms with Crippen LogP contribution in [0.5, 0.6) is 5.75 Å². The van der Waals surface area contributed by atoms with Crippen LogP contribution in [0, 0.1) is 25.7 Å². The molecule has 2 atom stereocenters. The molecule has 0 bridgehead atoms. The summed E-state index contributed by atoms with van der Waals surface area (Å²) in [7, 11) is 3.60. The summed E-state index contributed by atoms with van der Waals surface area (Å²) in [4.78, 5) is 11.5. The zero-order valence-electron chi connectivity index (χ0n) is 15.8. The summed E-state index contributed by atoms with van der Waals surface area (Å²) in [5.74, 6) is 3.65. The normalized spacial score (nSPS) is 23.0. The van der Waals surface area contributed by atoms with Crippen molar-refractivity contribution in [3.05, 3.63) is 23.0 Å². The molecule has 140 valence electrons. The van der Waals surface area contributed by atoms with Gasteiger partial charge in [0.25, 0.3) is 0 Å². The van der Waals surface area contributed by atoms with Crippen molar-refractivity contribution in [2.45, 2.75) is 46.1 Å². The first-order valence-electron chi connectivity index (χ1n) is 9.08. The van der Waals surface area contributed by atoms with Crippen molar-refractivity contribution in [1.29, 1.82) is 0 Å². The Kier molecular flexibility index (Phi) is 7.34. The van der Waals surface area contributed by atoms with E-state index >= 15 is 0 Å². The molecule has 1 aliphatic carbocycles. The molecule has 3 rings (SSSR count). The molecule has 0 spiro atoms. The quantitative estimate of drug-likeness (QED) is 0.428. The van der Waals surface area contributed by atoms with Gasteiger partial charge in [0, 0.05) is 37.5 Å². The molecule has 1 aromatic heterocycles. The van der Waals surface area contributed by atoms with E-state index in [1.54, 1.807) is 7.11 Å². The standard InChI is InChI=1S/C19H30N4O.HI/c1-13-9-21-17(14(2)18(13)24-4)10-22-19(20-3)23-11-15-7-5-6-8-16(15)12-23;/h9,15-16H,5-8,10-12H2,1-4H3,(H,20,22);1H. The van der Waals surface area contributed by atoms with Crippen molar-refractivity contribution in [2.75, 3.05) is 27.2 Å². The highest BCUT2D eigenvalue weighted by Gasteiger charge is 2.35. The Balaban J connectivity index is 0.00000225. The van der Waals surface area contributed by atoms with Gasteiger partial charge in [-0.1, -0.05) is 12.8 Å². The molecule has 1 N–H and O–H groups in total. The lowest BCUT2D eigenvalue weighted by atomic mass is 9.82. The second-order valence-corrected chi connectivity index (χ2v) is 7.16. The molecule has 1 saturated carbocycles. The van der Waals surface area contributed by atoms with Gasteiger partial charge in [-0.15, -0.1) is 24.0 Å². The molecule has 25 heavy (non-hydrogen) atoms. The third kappa shape index (κ3) is 4.38. The number of halogens is 1. The number of hydrogen-bond donors (Lipinski definition) is 1. The largest absolute Gasteiger partial charge is 0.496 e. The molecule has 0 amide bonds. The van der Waals surface area contributed by atoms with E-state index in [-0.39, 0.29) is 24.0 Å². The van der Waals surface area contributed by atoms with Crippen LogP contribution in [-0.2, 0) is 6.54 Å². The number of pyridine rings is 1. The van der Waals surface area contributed by atoms with E-state index in [9.17, 15) is 0 Å². The molecule has 1 aliphatic heterocycles. The fourth-order valence-corrected chi connectivity index (χ4v) is 4.32. The molecule has 2 aliphatic rings. The number of methoxy groups -OCH3 is 1. The molecule has 2 heterocycles. The van der Waals surface area contributed by atoms with Gasteiger partial charge in [-0.05, 0) is 38.5 Å². The van der Waals surface area contributed by atoms with Crippen LogP contribution in [0.4, 0.5) is 0 Å². The van der Waals surface area contributed by atoms with E-state index in [2.05, 4.69) is 27.1 Å². The minimum absolute atomic E-state index is 0. The zero-order valence-corrected chi connectivity index (χ0v) is 18.2. The monoisotopic (exact) mass is 458 g/mol. The van der Waals surface area contributed by atoms with Gasteiger partial charge < -0.3 is 15.0 Å². The highest BCUT2D eigenvalue weighted by atomic mass is 127. The number of ether oxygens (including phenoxy) is 1. The van der Waals surface area contributed by atoms with Gasteiger partial charge in [0.1, 0.15) is 5.75 Å². The lowest BCUT2D eigenvalue weighted by Gasteiger charge is -2.22. The fraction of sp³-hybridized carbons (Fsp3) is 0.684. The number of nitrogens with zero attached hydrogens (tertiary/aromatic N) is 3. The van der Waals surface area contributed by atoms with E-state index in [1.165, 1.54) is 25.7 Å². The Bertz CT molecular complexity index is 606. The van der Waals surface area contributed by atoms with Crippen LogP contribution in [0.3, 0.4) is 0 Å². The molecular weight excluding hydrogens is 427 g/mol. The summed E-state index contributed by atoms with van der Waals surface area (Å²) in [6, 6.07) is 0. The maximum atomic E-state index is 5.51. The zero-order chi connectivity index (χ0) is 17.1. The fourth-order valence-electron chi connectivity index (χ4n) is 4.32. The van der Waals surface area contributed by atoms with E-state index < -0.39 is 0 Å². The summed E-state index contributed by atoms with van der Waals surface area (Å²) in [6.45, 7) is 7.08. The lowest BCUT2D eigenvalue weighted by molar-refractivity contribution is 0.299. The van der Waals surface area contributed by atoms with Gasteiger partial charge in [0.05, 0.1) is 19.3 Å². The number of hydrogen-bond acceptors (Lipinski definition) is 3. The first kappa shape index (κ1) is 20.3. The highest BCUT2D eigenvalue weighted by molar-refractivity contribution is 14.0. The van der Waals surface area contributed by atoms with Crippen molar-refractivity contribution >= 4 is 29.9 Å². The van der Waals surface area contributed by atoms with Gasteiger partial charge >= 0.3 is 0 Å². The number of aliphatic imine (C=N–C) groups is 1. The Morgan fingerprint density at radius 1 is 1.28 bits per heavy atom. The van der Waals surface area contributed by atoms with Crippen molar-refractivity contribution in [1.82, 2.24) is 15.2 Å². The average Bonchev–Trinajstić information content (AvgIpc) is 3.01. The van der Waals surface area contributed by atoms with Crippen LogP contribution in [0.1, 0.15) is 42.5 Å². The lowest BCUT2D eigenvalue weighted by Crippen LogP contribution is -2.40. The van der Waals surface area contributed by atoms with Gasteiger partial charge in [0.2, 0.25) is 0 Å². The maximum Gasteiger partial charge on any atom is 0.193 e. The van der Waals surface area contributed by atoms with Crippen LogP contribution in [-0.4, -0.2) is 43.1 Å². The molecular formula is C19H31IN4O. The van der Waals surface area contributed by atoms with Crippen LogP contribution in [0.15, 0.2) is 11.2 Å². The number of guanidine groups is 1. The number of nitrogens with one attached hydrogen (secondary N) is 1. The van der Waals surface area contributed by atoms with Gasteiger partial charge in [-0.25, -0.2) is 0 Å². The first-order chi connectivity index (χ1) is 11.6. The van der Waals surface area contributed by atoms with Crippen molar-refractivity contribution in [2.24, 2.45) is 16.8 Å². The van der Waals surface area contributed by atoms with Gasteiger partial charge in [-0.3, -0.25) is 9.98 Å². The summed E-state index contributed by atoms with van der Waals surface area (Å²) in [5.41, 5.74) is 3.21. The summed E-state index contributed by atoms with van der Waals surface area (Å²) in [5, 5.41) is 3.51. The van der Waals surface area contributed by atoms with Crippen molar-refractivity contribution in [3.63, 3.8) is 0 Å². The number of fused-ring (bicyclic) bond motifs is 1. The summed E-state index contributed by atoms with van der Waals surface area (Å²) in [6.07, 6.45) is 7.44. The van der Waals surface area contributed by atoms with Crippen LogP contribution >= 0.6 is 24.0 Å². The topological polar surface area (TPSA) is 49.8 Å². The molecule has 2 unspecified atom stereocenters. The van der Waals surface area contributed by atoms with E-state index in [0.717, 1.165) is 53.5 Å². The predicted octanol–water partition coefficient (Wildman–Crippen LogP) is 3.52. The SMILES string of the molecule is CN=C(NCc1ncc(C)c(OC)c1C)N1CC2CCCCC2C1.I. The minimum Gasteiger partial charge on any atom is -0.496 e. The predicted molar refractivity (Wildman–Crippen MR) is 113 cm³/mol. The minimum atomic E-state index is 0. The average molecular weight is 458 g/mol. The van der Waals surface area contributed by atoms with Crippen LogP contribution in [0.25, 0.3) is 0 Å². The van der Waals surface area contributed by atoms with E-state index in [0.29, 0.717) is 6.54 Å². The molecule has 5 nitrogen and oxygen atoms in total. The van der Waals surface area contributed by atoms with E-state index in [4.69, 9.17) is 4.74 Å². The number of rotatable bonds is 3. The Morgan fingerprint density at radius 2 is 1.92 bits per heavy atom. The third-order valence-electron chi connectivity index (χ3n) is 5.65. The first-order valence-corrected chi connectivity index (χ1v) is 9.08. The summed E-state index contributed by atoms with van der Waals surface area (Å²) < 4.78 is 5.51. The molecule has 0 radical (unpaired) electrons. The molecule has 1 saturated heterocycles. The number of aryl methyl sites for hydroxylation is 1. The Hall–Kier alpha value is -1.05. The molecule has 0 aromatic carbocycles. The Morgan fingerprint density at radius 3 is 2.48 bits per heavy atom. The third-order valence-corrected chi connectivity index (χ3v) is 5.65. The van der Waals surface area contributed by atoms with Crippen LogP contribution in [0.2, 0.25) is 0 Å². The highest BCUT2D eigenvalue weighted by Crippen LogP contribution is 2.36. The smallest absolute Gasteiger partial charge is 0.193 e. The molecule has 1 aromatic rings. The number of likely N-dealkylation sites (tertiary alicyclic amines) is 1. The number of aromatic nitrogens is 1. The van der Waals surface area contributed by atoms with Crippen molar-refractivity contribution in [3.8, 4) is 5.75 Å². The van der Waals surface area contributed by atoms with Crippen LogP contribution < -0.4 is 10.1 Å². The second kappa shape index (κ2) is 9.05. The Labute approximate surface area is 168 Å². The second-order valence-electron chi connectivity index (χ2n) is 7.16.